The fourth-order valence-corrected chi connectivity index (χ4v) is 3.80. The number of phenolic OH excluding ortho intramolecular Hbond substituents is 4. The Balaban J connectivity index is 1.84. The summed E-state index contributed by atoms with van der Waals surface area (Å²) in [5.41, 5.74) is -1.10. The maximum atomic E-state index is 13.4. The molecule has 2 heterocycles. The highest BCUT2D eigenvalue weighted by atomic mass is 16.7. The summed E-state index contributed by atoms with van der Waals surface area (Å²) in [6, 6.07) is 5.48. The van der Waals surface area contributed by atoms with E-state index >= 15 is 0 Å². The van der Waals surface area contributed by atoms with Crippen molar-refractivity contribution in [2.45, 2.75) is 44.6 Å². The lowest BCUT2D eigenvalue weighted by molar-refractivity contribution is -0.272. The van der Waals surface area contributed by atoms with Crippen LogP contribution >= 0.6 is 0 Å². The molecular weight excluding hydrogens is 468 g/mol. The quantitative estimate of drug-likeness (QED) is 0.225. The van der Waals surface area contributed by atoms with Crippen LogP contribution in [0.3, 0.4) is 0 Å². The first-order valence-electron chi connectivity index (χ1n) is 10.4. The van der Waals surface area contributed by atoms with Crippen LogP contribution < -0.4 is 10.2 Å². The fourth-order valence-electron chi connectivity index (χ4n) is 3.80. The molecule has 1 fully saturated rings. The average Bonchev–Trinajstić information content (AvgIpc) is 2.77. The number of carbonyl (C=O) groups is 1. The Kier molecular flexibility index (Phi) is 6.19. The molecule has 1 saturated heterocycles. The molecule has 0 saturated carbocycles. The van der Waals surface area contributed by atoms with E-state index in [1.807, 2.05) is 0 Å². The van der Waals surface area contributed by atoms with Crippen molar-refractivity contribution in [1.29, 1.82) is 0 Å². The Bertz CT molecular complexity index is 1350. The molecule has 12 nitrogen and oxygen atoms in total. The minimum atomic E-state index is -1.78. The van der Waals surface area contributed by atoms with Gasteiger partial charge in [-0.05, 0) is 25.1 Å². The monoisotopic (exact) mass is 490 g/mol. The van der Waals surface area contributed by atoms with Crippen LogP contribution in [0.1, 0.15) is 13.8 Å². The molecule has 5 atom stereocenters. The van der Waals surface area contributed by atoms with Gasteiger partial charge in [-0.15, -0.1) is 0 Å². The average molecular weight is 490 g/mol. The summed E-state index contributed by atoms with van der Waals surface area (Å²) >= 11 is 0. The van der Waals surface area contributed by atoms with Crippen LogP contribution in [0.2, 0.25) is 0 Å². The maximum Gasteiger partial charge on any atom is 0.303 e. The maximum absolute atomic E-state index is 13.4. The molecule has 0 bridgehead atoms. The first kappa shape index (κ1) is 24.1. The Morgan fingerprint density at radius 1 is 0.971 bits per heavy atom. The molecule has 1 aliphatic rings. The summed E-state index contributed by atoms with van der Waals surface area (Å²) < 4.78 is 21.9. The van der Waals surface area contributed by atoms with Crippen molar-refractivity contribution in [2.24, 2.45) is 0 Å². The first-order valence-corrected chi connectivity index (χ1v) is 10.4. The lowest BCUT2D eigenvalue weighted by Crippen LogP contribution is -2.59. The SMILES string of the molecule is CC(=O)O[C@@H]1[C@@H](O)[C@@H](O)[C@H](Oc2c(-c3ccc(O)c(O)c3)oc3cc(O)cc(O)c3c2=O)O[C@@H]1C. The number of esters is 1. The molecule has 0 spiro atoms. The number of aromatic hydroxyl groups is 4. The van der Waals surface area contributed by atoms with E-state index in [1.165, 1.54) is 13.0 Å². The molecule has 1 aromatic heterocycles. The van der Waals surface area contributed by atoms with Crippen molar-refractivity contribution in [3.8, 4) is 40.1 Å². The second kappa shape index (κ2) is 8.98. The predicted octanol–water partition coefficient (Wildman–Crippen LogP) is 1.06. The van der Waals surface area contributed by atoms with E-state index in [4.69, 9.17) is 18.6 Å². The molecule has 0 unspecified atom stereocenters. The first-order chi connectivity index (χ1) is 16.5. The molecule has 1 aliphatic heterocycles. The lowest BCUT2D eigenvalue weighted by Gasteiger charge is -2.40. The van der Waals surface area contributed by atoms with E-state index in [-0.39, 0.29) is 22.3 Å². The number of hydrogen-bond acceptors (Lipinski definition) is 12. The van der Waals surface area contributed by atoms with Gasteiger partial charge >= 0.3 is 5.97 Å². The van der Waals surface area contributed by atoms with Crippen LogP contribution in [0.4, 0.5) is 0 Å². The minimum absolute atomic E-state index is 0.0498. The number of carbonyl (C=O) groups excluding carboxylic acids is 1. The normalized spacial score (nSPS) is 24.3. The van der Waals surface area contributed by atoms with Crippen LogP contribution in [-0.2, 0) is 14.3 Å². The molecule has 12 heteroatoms. The summed E-state index contributed by atoms with van der Waals surface area (Å²) in [4.78, 5) is 24.7. The van der Waals surface area contributed by atoms with Gasteiger partial charge in [0.05, 0.1) is 6.10 Å². The molecule has 0 amide bonds. The molecule has 0 radical (unpaired) electrons. The summed E-state index contributed by atoms with van der Waals surface area (Å²) in [6.07, 6.45) is -7.22. The van der Waals surface area contributed by atoms with Gasteiger partial charge in [-0.25, -0.2) is 0 Å². The Hall–Kier alpha value is -4.00. The number of fused-ring (bicyclic) bond motifs is 1. The highest BCUT2D eigenvalue weighted by Gasteiger charge is 2.46. The number of benzene rings is 2. The van der Waals surface area contributed by atoms with E-state index in [0.717, 1.165) is 31.2 Å². The molecule has 35 heavy (non-hydrogen) atoms. The Morgan fingerprint density at radius 3 is 2.34 bits per heavy atom. The number of aliphatic hydroxyl groups excluding tert-OH is 2. The third-order valence-electron chi connectivity index (χ3n) is 5.47. The van der Waals surface area contributed by atoms with Gasteiger partial charge in [-0.2, -0.15) is 0 Å². The van der Waals surface area contributed by atoms with Crippen LogP contribution in [0.15, 0.2) is 39.5 Å². The van der Waals surface area contributed by atoms with E-state index in [9.17, 15) is 40.2 Å². The smallest absolute Gasteiger partial charge is 0.303 e. The fraction of sp³-hybridized carbons (Fsp3) is 0.304. The van der Waals surface area contributed by atoms with Crippen LogP contribution in [0.5, 0.6) is 28.7 Å². The van der Waals surface area contributed by atoms with Gasteiger partial charge in [0, 0.05) is 24.6 Å². The zero-order valence-electron chi connectivity index (χ0n) is 18.4. The van der Waals surface area contributed by atoms with Crippen LogP contribution in [-0.4, -0.2) is 67.3 Å². The zero-order valence-corrected chi connectivity index (χ0v) is 18.4. The van der Waals surface area contributed by atoms with Gasteiger partial charge in [-0.1, -0.05) is 0 Å². The minimum Gasteiger partial charge on any atom is -0.508 e. The van der Waals surface area contributed by atoms with E-state index in [1.54, 1.807) is 0 Å². The number of hydrogen-bond donors (Lipinski definition) is 6. The molecule has 186 valence electrons. The van der Waals surface area contributed by atoms with E-state index in [0.29, 0.717) is 0 Å². The summed E-state index contributed by atoms with van der Waals surface area (Å²) in [5, 5.41) is 60.3. The number of aliphatic hydroxyl groups is 2. The molecule has 3 aromatic rings. The summed E-state index contributed by atoms with van der Waals surface area (Å²) in [5.74, 6) is -3.59. The Morgan fingerprint density at radius 2 is 1.69 bits per heavy atom. The third kappa shape index (κ3) is 4.41. The van der Waals surface area contributed by atoms with Crippen molar-refractivity contribution in [1.82, 2.24) is 0 Å². The topological polar surface area (TPSA) is 196 Å². The zero-order chi connectivity index (χ0) is 25.6. The van der Waals surface area contributed by atoms with Crippen molar-refractivity contribution >= 4 is 16.9 Å². The molecular formula is C23H22O12. The molecule has 2 aromatic carbocycles. The number of phenols is 4. The van der Waals surface area contributed by atoms with E-state index in [2.05, 4.69) is 0 Å². The molecule has 4 rings (SSSR count). The second-order valence-corrected chi connectivity index (χ2v) is 8.01. The van der Waals surface area contributed by atoms with Gasteiger partial charge < -0.3 is 49.3 Å². The standard InChI is InChI=1S/C23H22O12/c1-8-20(33-9(2)24)18(30)19(31)23(32-8)35-22-17(29)16-14(28)6-11(25)7-15(16)34-21(22)10-3-4-12(26)13(27)5-10/h3-8,18-20,23,25-28,30-31H,1-2H3/t8-,18+,19-,20+,23+/m1/s1. The van der Waals surface area contributed by atoms with Gasteiger partial charge in [0.25, 0.3) is 0 Å². The molecule has 6 N–H and O–H groups in total. The van der Waals surface area contributed by atoms with Crippen LogP contribution in [0, 0.1) is 0 Å². The summed E-state index contributed by atoms with van der Waals surface area (Å²) in [6.45, 7) is 2.58. The van der Waals surface area contributed by atoms with Gasteiger partial charge in [-0.3, -0.25) is 9.59 Å². The lowest BCUT2D eigenvalue weighted by atomic mass is 9.99. The van der Waals surface area contributed by atoms with Crippen molar-refractivity contribution in [2.75, 3.05) is 0 Å². The highest BCUT2D eigenvalue weighted by molar-refractivity contribution is 5.88. The largest absolute Gasteiger partial charge is 0.508 e. The van der Waals surface area contributed by atoms with Gasteiger partial charge in [0.2, 0.25) is 17.5 Å². The molecule has 0 aliphatic carbocycles. The van der Waals surface area contributed by atoms with Crippen molar-refractivity contribution in [3.05, 3.63) is 40.6 Å². The van der Waals surface area contributed by atoms with Gasteiger partial charge in [0.15, 0.2) is 23.4 Å². The van der Waals surface area contributed by atoms with Gasteiger partial charge in [0.1, 0.15) is 34.7 Å². The summed E-state index contributed by atoms with van der Waals surface area (Å²) in [7, 11) is 0. The highest BCUT2D eigenvalue weighted by Crippen LogP contribution is 2.39. The third-order valence-corrected chi connectivity index (χ3v) is 5.47. The van der Waals surface area contributed by atoms with Crippen molar-refractivity contribution < 1.29 is 54.1 Å². The van der Waals surface area contributed by atoms with Crippen LogP contribution in [0.25, 0.3) is 22.3 Å². The number of rotatable bonds is 4. The second-order valence-electron chi connectivity index (χ2n) is 8.01. The van der Waals surface area contributed by atoms with Crippen molar-refractivity contribution in [3.63, 3.8) is 0 Å². The van der Waals surface area contributed by atoms with E-state index < -0.39 is 70.9 Å². The predicted molar refractivity (Wildman–Crippen MR) is 117 cm³/mol. The Labute approximate surface area is 196 Å². The number of ether oxygens (including phenoxy) is 3.